The van der Waals surface area contributed by atoms with Gasteiger partial charge in [-0.1, -0.05) is 20.8 Å². The molecule has 4 saturated carbocycles. The van der Waals surface area contributed by atoms with Gasteiger partial charge in [0.1, 0.15) is 0 Å². The maximum absolute atomic E-state index is 12.8. The number of nitro groups is 1. The highest BCUT2D eigenvalue weighted by Crippen LogP contribution is 2.68. The normalized spacial score (nSPS) is 38.6. The van der Waals surface area contributed by atoms with Gasteiger partial charge in [0.15, 0.2) is 5.69 Å². The predicted molar refractivity (Wildman–Crippen MR) is 157 cm³/mol. The van der Waals surface area contributed by atoms with Crippen LogP contribution in [0.3, 0.4) is 0 Å². The lowest BCUT2D eigenvalue weighted by molar-refractivity contribution is -0.384. The Morgan fingerprint density at radius 3 is 2.62 bits per heavy atom. The number of aromatic hydroxyl groups is 1. The number of nitrogens with one attached hydrogen (secondary N) is 1. The van der Waals surface area contributed by atoms with E-state index in [4.69, 9.17) is 0 Å². The average Bonchev–Trinajstić information content (AvgIpc) is 3.46. The minimum atomic E-state index is -0.523. The van der Waals surface area contributed by atoms with Crippen LogP contribution in [0.15, 0.2) is 28.4 Å². The molecule has 6 rings (SSSR count). The number of aliphatic hydroxyl groups is 2. The van der Waals surface area contributed by atoms with E-state index in [1.165, 1.54) is 18.2 Å². The zero-order valence-electron chi connectivity index (χ0n) is 24.8. The fraction of sp³-hybridized carbons (Fsp3) is 0.719. The van der Waals surface area contributed by atoms with Crippen LogP contribution in [-0.2, 0) is 4.79 Å². The number of carbonyl (C=O) groups is 1. The lowest BCUT2D eigenvalue weighted by Gasteiger charge is -2.62. The summed E-state index contributed by atoms with van der Waals surface area (Å²) >= 11 is 0. The molecule has 4 aliphatic rings. The molecule has 10 atom stereocenters. The molecular formula is C32H44N4O6. The molecule has 4 N–H and O–H groups in total. The molecule has 0 spiro atoms. The van der Waals surface area contributed by atoms with Gasteiger partial charge in [0.2, 0.25) is 5.88 Å². The Morgan fingerprint density at radius 1 is 1.12 bits per heavy atom. The van der Waals surface area contributed by atoms with Crippen LogP contribution in [0.1, 0.15) is 85.0 Å². The second-order valence-electron chi connectivity index (χ2n) is 14.4. The van der Waals surface area contributed by atoms with E-state index in [0.717, 1.165) is 51.4 Å². The number of nitro benzene ring substituents is 1. The Bertz CT molecular complexity index is 1410. The number of non-ortho nitro benzene ring substituents is 1. The van der Waals surface area contributed by atoms with Gasteiger partial charge in [-0.25, -0.2) is 0 Å². The molecule has 1 aromatic heterocycles. The summed E-state index contributed by atoms with van der Waals surface area (Å²) in [5, 5.41) is 51.4. The number of hydrogen-bond acceptors (Lipinski definition) is 7. The van der Waals surface area contributed by atoms with E-state index >= 15 is 0 Å². The lowest BCUT2D eigenvalue weighted by Crippen LogP contribution is -2.58. The smallest absolute Gasteiger partial charge is 0.270 e. The third-order valence-corrected chi connectivity index (χ3v) is 12.4. The van der Waals surface area contributed by atoms with Gasteiger partial charge in [-0.2, -0.15) is 0 Å². The zero-order chi connectivity index (χ0) is 30.0. The minimum Gasteiger partial charge on any atom is -0.493 e. The fourth-order valence-electron chi connectivity index (χ4n) is 10.2. The van der Waals surface area contributed by atoms with E-state index in [1.807, 2.05) is 0 Å². The largest absolute Gasteiger partial charge is 0.493 e. The second-order valence-corrected chi connectivity index (χ2v) is 14.4. The van der Waals surface area contributed by atoms with Crippen molar-refractivity contribution in [2.45, 2.75) is 97.2 Å². The van der Waals surface area contributed by atoms with Crippen molar-refractivity contribution in [3.8, 4) is 5.88 Å². The predicted octanol–water partition coefficient (Wildman–Crippen LogP) is 6.80. The summed E-state index contributed by atoms with van der Waals surface area (Å²) in [6.07, 6.45) is 8.44. The van der Waals surface area contributed by atoms with Gasteiger partial charge in [-0.15, -0.1) is 10.2 Å². The van der Waals surface area contributed by atoms with Crippen LogP contribution in [0.5, 0.6) is 5.88 Å². The number of benzene rings is 1. The Morgan fingerprint density at radius 2 is 1.86 bits per heavy atom. The Hall–Kier alpha value is -2.85. The minimum absolute atomic E-state index is 0.0208. The molecule has 228 valence electrons. The number of carbonyl (C=O) groups excluding carboxylic acids is 1. The van der Waals surface area contributed by atoms with Crippen LogP contribution in [0.4, 0.5) is 11.4 Å². The van der Waals surface area contributed by atoms with Gasteiger partial charge >= 0.3 is 0 Å². The molecular weight excluding hydrogens is 536 g/mol. The maximum Gasteiger partial charge on any atom is 0.270 e. The van der Waals surface area contributed by atoms with Crippen molar-refractivity contribution in [3.05, 3.63) is 28.3 Å². The molecule has 4 fully saturated rings. The first-order chi connectivity index (χ1) is 19.9. The van der Waals surface area contributed by atoms with Crippen molar-refractivity contribution in [1.82, 2.24) is 4.98 Å². The van der Waals surface area contributed by atoms with Crippen molar-refractivity contribution >= 4 is 28.2 Å². The molecule has 2 aromatic rings. The first-order valence-electron chi connectivity index (χ1n) is 15.7. The van der Waals surface area contributed by atoms with E-state index < -0.39 is 4.92 Å². The summed E-state index contributed by atoms with van der Waals surface area (Å²) in [5.41, 5.74) is 0.694. The molecule has 1 amide bonds. The number of aromatic amines is 1. The van der Waals surface area contributed by atoms with Crippen LogP contribution in [0.25, 0.3) is 10.9 Å². The van der Waals surface area contributed by atoms with Crippen LogP contribution >= 0.6 is 0 Å². The van der Waals surface area contributed by atoms with Gasteiger partial charge in [-0.05, 0) is 110 Å². The summed E-state index contributed by atoms with van der Waals surface area (Å²) in [5.74, 6) is 1.82. The van der Waals surface area contributed by atoms with Gasteiger partial charge in [0.25, 0.3) is 11.6 Å². The molecule has 10 heteroatoms. The highest BCUT2D eigenvalue weighted by molar-refractivity contribution is 5.95. The lowest BCUT2D eigenvalue weighted by atomic mass is 9.43. The second kappa shape index (κ2) is 10.7. The van der Waals surface area contributed by atoms with Gasteiger partial charge in [0, 0.05) is 23.9 Å². The zero-order valence-corrected chi connectivity index (χ0v) is 24.8. The summed E-state index contributed by atoms with van der Waals surface area (Å²) in [7, 11) is 0. The standard InChI is InChI=1S/C32H44N4O6/c1-17(4-9-27(39)34-35-29-21-16-19(36(41)42)5-8-25(21)33-30(29)40)22-6-7-23-28-24(11-13-32(22,23)3)31(2)12-10-20(37)14-18(31)15-26(28)38/h5,8,16-18,20,22-24,26,28,33,37-38,40H,4,6-7,9-15H2,1-3H3/t17?,18?,20?,22?,23?,24?,26-,28?,31?,32?/m1/s1. The van der Waals surface area contributed by atoms with Gasteiger partial charge in [-0.3, -0.25) is 14.9 Å². The summed E-state index contributed by atoms with van der Waals surface area (Å²) in [6, 6.07) is 4.13. The fourth-order valence-corrected chi connectivity index (χ4v) is 10.2. The number of hydrogen-bond donors (Lipinski definition) is 4. The highest BCUT2D eigenvalue weighted by Gasteiger charge is 2.62. The number of fused-ring (bicyclic) bond motifs is 6. The van der Waals surface area contributed by atoms with Crippen LogP contribution in [0.2, 0.25) is 0 Å². The van der Waals surface area contributed by atoms with E-state index in [0.29, 0.717) is 52.8 Å². The quantitative estimate of drug-likeness (QED) is 0.167. The number of H-pyrrole nitrogens is 1. The SMILES string of the molecule is CC(CCC(=O)N=Nc1c(O)[nH]c2ccc([N+](=O)[O-])cc12)C1CCC2C3C(CCC12C)C1(C)CCC(O)CC1C[C@H]3O. The molecule has 1 aromatic carbocycles. The molecule has 0 aliphatic heterocycles. The van der Waals surface area contributed by atoms with Crippen molar-refractivity contribution in [2.75, 3.05) is 0 Å². The highest BCUT2D eigenvalue weighted by atomic mass is 16.6. The molecule has 0 bridgehead atoms. The first-order valence-corrected chi connectivity index (χ1v) is 15.7. The Labute approximate surface area is 246 Å². The number of azo groups is 1. The average molecular weight is 581 g/mol. The summed E-state index contributed by atoms with van der Waals surface area (Å²) in [4.78, 5) is 26.1. The van der Waals surface area contributed by atoms with Crippen LogP contribution in [-0.4, -0.2) is 43.3 Å². The summed E-state index contributed by atoms with van der Waals surface area (Å²) < 4.78 is 0. The van der Waals surface area contributed by atoms with E-state index in [2.05, 4.69) is 36.0 Å². The molecule has 4 aliphatic carbocycles. The Kier molecular flexibility index (Phi) is 7.45. The number of aliphatic hydroxyl groups excluding tert-OH is 2. The van der Waals surface area contributed by atoms with Crippen LogP contribution in [0, 0.1) is 56.5 Å². The molecule has 9 unspecified atom stereocenters. The number of nitrogens with zero attached hydrogens (tertiary/aromatic N) is 3. The van der Waals surface area contributed by atoms with Crippen molar-refractivity contribution in [2.24, 2.45) is 56.6 Å². The van der Waals surface area contributed by atoms with E-state index in [1.54, 1.807) is 0 Å². The first kappa shape index (κ1) is 29.2. The Balaban J connectivity index is 1.11. The maximum atomic E-state index is 12.8. The molecule has 1 heterocycles. The molecule has 0 saturated heterocycles. The molecule has 10 nitrogen and oxygen atoms in total. The van der Waals surface area contributed by atoms with E-state index in [9.17, 15) is 30.2 Å². The number of aromatic nitrogens is 1. The van der Waals surface area contributed by atoms with E-state index in [-0.39, 0.29) is 52.6 Å². The topological polar surface area (TPSA) is 161 Å². The third kappa shape index (κ3) is 4.75. The monoisotopic (exact) mass is 580 g/mol. The van der Waals surface area contributed by atoms with Crippen molar-refractivity contribution < 1.29 is 25.0 Å². The number of rotatable bonds is 6. The molecule has 42 heavy (non-hydrogen) atoms. The van der Waals surface area contributed by atoms with Gasteiger partial charge in [0.05, 0.1) is 22.6 Å². The van der Waals surface area contributed by atoms with Crippen LogP contribution < -0.4 is 0 Å². The summed E-state index contributed by atoms with van der Waals surface area (Å²) in [6.45, 7) is 7.09. The molecule has 0 radical (unpaired) electrons. The van der Waals surface area contributed by atoms with Crippen molar-refractivity contribution in [1.29, 1.82) is 0 Å². The van der Waals surface area contributed by atoms with Crippen molar-refractivity contribution in [3.63, 3.8) is 0 Å². The third-order valence-electron chi connectivity index (χ3n) is 12.4. The van der Waals surface area contributed by atoms with Gasteiger partial charge < -0.3 is 20.3 Å². The number of amides is 1.